The number of anilines is 1. The van der Waals surface area contributed by atoms with Gasteiger partial charge in [-0.05, 0) is 0 Å². The molecule has 0 bridgehead atoms. The number of thioether (sulfide) groups is 1. The molecule has 6 N–H and O–H groups in total. The van der Waals surface area contributed by atoms with E-state index in [2.05, 4.69) is 15.5 Å². The highest BCUT2D eigenvalue weighted by Crippen LogP contribution is 2.41. The van der Waals surface area contributed by atoms with Crippen LogP contribution in [0.15, 0.2) is 21.8 Å². The normalized spacial score (nSPS) is 20.6. The molecular weight excluding hydrogens is 488 g/mol. The smallest absolute Gasteiger partial charge is 0.352 e. The number of quaternary nitrogens is 1. The number of nitrogens with one attached hydrogen (secondary N) is 1. The standard InChI is InChI=1S/C19H26N6O7S2/c1-25(3-5-26,4-6-27)7-10-8-33-17-13(16(29)24(17)14(10)18(30)31)22-15(28)12(23-32-2)11-9-34-19(20)21-11/h9,13,17,26-27H,3-8H2,1-2H3,(H3-,20,21,22,28,30,31)/p+1/t13?,17-/m0/s1. The van der Waals surface area contributed by atoms with Gasteiger partial charge in [-0.25, -0.2) is 9.78 Å². The van der Waals surface area contributed by atoms with E-state index in [1.165, 1.54) is 29.2 Å². The number of rotatable bonds is 11. The maximum atomic E-state index is 12.9. The molecule has 0 aromatic carbocycles. The lowest BCUT2D eigenvalue weighted by Gasteiger charge is -2.50. The molecule has 2 aliphatic heterocycles. The largest absolute Gasteiger partial charge is 0.477 e. The van der Waals surface area contributed by atoms with Crippen LogP contribution in [0, 0.1) is 0 Å². The van der Waals surface area contributed by atoms with Gasteiger partial charge in [0.1, 0.15) is 49.6 Å². The topological polar surface area (TPSA) is 188 Å². The molecule has 3 rings (SSSR count). The monoisotopic (exact) mass is 515 g/mol. The van der Waals surface area contributed by atoms with Crippen LogP contribution in [-0.2, 0) is 19.2 Å². The van der Waals surface area contributed by atoms with E-state index < -0.39 is 29.2 Å². The first-order chi connectivity index (χ1) is 16.2. The summed E-state index contributed by atoms with van der Waals surface area (Å²) in [4.78, 5) is 47.8. The van der Waals surface area contributed by atoms with Crippen molar-refractivity contribution in [3.63, 3.8) is 0 Å². The summed E-state index contributed by atoms with van der Waals surface area (Å²) in [7, 11) is 3.07. The third-order valence-corrected chi connectivity index (χ3v) is 7.56. The zero-order chi connectivity index (χ0) is 25.0. The van der Waals surface area contributed by atoms with Gasteiger partial charge in [0.15, 0.2) is 10.8 Å². The molecular formula is C19H27N6O7S2+. The van der Waals surface area contributed by atoms with Crippen LogP contribution in [0.5, 0.6) is 0 Å². The van der Waals surface area contributed by atoms with Gasteiger partial charge in [0.05, 0.1) is 20.3 Å². The number of carboxylic acids is 1. The number of nitrogen functional groups attached to an aromatic ring is 1. The Morgan fingerprint density at radius 1 is 1.38 bits per heavy atom. The lowest BCUT2D eigenvalue weighted by atomic mass is 10.0. The number of β-lactam (4-membered cyclic amide) rings is 1. The van der Waals surface area contributed by atoms with Gasteiger partial charge in [0, 0.05) is 16.7 Å². The lowest BCUT2D eigenvalue weighted by Crippen LogP contribution is -2.71. The van der Waals surface area contributed by atoms with Crippen molar-refractivity contribution in [1.82, 2.24) is 15.2 Å². The number of aromatic nitrogens is 1. The van der Waals surface area contributed by atoms with Crippen LogP contribution in [-0.4, -0.2) is 117 Å². The van der Waals surface area contributed by atoms with Gasteiger partial charge in [0.2, 0.25) is 0 Å². The zero-order valence-electron chi connectivity index (χ0n) is 18.6. The van der Waals surface area contributed by atoms with Crippen molar-refractivity contribution in [1.29, 1.82) is 0 Å². The fourth-order valence-electron chi connectivity index (χ4n) is 3.92. The van der Waals surface area contributed by atoms with Gasteiger partial charge < -0.3 is 35.7 Å². The summed E-state index contributed by atoms with van der Waals surface area (Å²) >= 11 is 2.44. The van der Waals surface area contributed by atoms with Crippen molar-refractivity contribution < 1.29 is 39.0 Å². The Kier molecular flexibility index (Phi) is 8.14. The second kappa shape index (κ2) is 10.7. The molecule has 0 saturated carbocycles. The molecule has 13 nitrogen and oxygen atoms in total. The first kappa shape index (κ1) is 25.9. The molecule has 0 aliphatic carbocycles. The number of hydrogen-bond donors (Lipinski definition) is 5. The molecule has 2 atom stereocenters. The molecule has 1 aromatic rings. The molecule has 2 amide bonds. The third kappa shape index (κ3) is 5.17. The van der Waals surface area contributed by atoms with Crippen molar-refractivity contribution in [2.75, 3.05) is 58.5 Å². The SMILES string of the molecule is CON=C(C(=O)NC1C(=O)N2C(C(=O)O)=C(C[N+](C)(CCO)CCO)CS[C@@H]12)c1csc(N)n1. The maximum Gasteiger partial charge on any atom is 0.352 e. The van der Waals surface area contributed by atoms with Crippen molar-refractivity contribution in [2.24, 2.45) is 5.16 Å². The number of nitrogens with zero attached hydrogens (tertiary/aromatic N) is 4. The molecule has 1 unspecified atom stereocenters. The van der Waals surface area contributed by atoms with Crippen LogP contribution in [0.25, 0.3) is 0 Å². The van der Waals surface area contributed by atoms with Crippen LogP contribution in [0.4, 0.5) is 5.13 Å². The Hall–Kier alpha value is -2.72. The summed E-state index contributed by atoms with van der Waals surface area (Å²) in [5, 5.41) is 36.1. The second-order valence-electron chi connectivity index (χ2n) is 7.98. The summed E-state index contributed by atoms with van der Waals surface area (Å²) in [6.07, 6.45) is 0. The summed E-state index contributed by atoms with van der Waals surface area (Å²) in [6.45, 7) is 0.628. The number of thiazole rings is 1. The predicted molar refractivity (Wildman–Crippen MR) is 125 cm³/mol. The number of hydrogen-bond acceptors (Lipinski definition) is 11. The van der Waals surface area contributed by atoms with E-state index in [1.807, 2.05) is 0 Å². The van der Waals surface area contributed by atoms with Gasteiger partial charge >= 0.3 is 5.97 Å². The summed E-state index contributed by atoms with van der Waals surface area (Å²) < 4.78 is 0.222. The fraction of sp³-hybridized carbons (Fsp3) is 0.526. The number of oxime groups is 1. The number of aliphatic hydroxyl groups excluding tert-OH is 2. The second-order valence-corrected chi connectivity index (χ2v) is 9.98. The number of carbonyl (C=O) groups is 3. The minimum Gasteiger partial charge on any atom is -0.477 e. The minimum atomic E-state index is -1.25. The average Bonchev–Trinajstić information content (AvgIpc) is 3.21. The van der Waals surface area contributed by atoms with Gasteiger partial charge in [-0.3, -0.25) is 14.5 Å². The van der Waals surface area contributed by atoms with Gasteiger partial charge in [0.25, 0.3) is 11.8 Å². The van der Waals surface area contributed by atoms with Crippen molar-refractivity contribution in [3.8, 4) is 0 Å². The fourth-order valence-corrected chi connectivity index (χ4v) is 5.80. The summed E-state index contributed by atoms with van der Waals surface area (Å²) in [6, 6.07) is -0.956. The van der Waals surface area contributed by atoms with Crippen LogP contribution in [0.2, 0.25) is 0 Å². The number of carbonyl (C=O) groups excluding carboxylic acids is 2. The molecule has 34 heavy (non-hydrogen) atoms. The third-order valence-electron chi connectivity index (χ3n) is 5.55. The molecule has 2 aliphatic rings. The molecule has 0 radical (unpaired) electrons. The van der Waals surface area contributed by atoms with E-state index in [4.69, 9.17) is 10.6 Å². The first-order valence-corrected chi connectivity index (χ1v) is 12.2. The maximum absolute atomic E-state index is 12.9. The predicted octanol–water partition coefficient (Wildman–Crippen LogP) is -1.75. The van der Waals surface area contributed by atoms with E-state index in [1.54, 1.807) is 7.05 Å². The van der Waals surface area contributed by atoms with Crippen molar-refractivity contribution in [3.05, 3.63) is 22.3 Å². The minimum absolute atomic E-state index is 0.127. The van der Waals surface area contributed by atoms with Gasteiger partial charge in [-0.1, -0.05) is 5.16 Å². The van der Waals surface area contributed by atoms with Crippen molar-refractivity contribution >= 4 is 51.7 Å². The molecule has 1 saturated heterocycles. The van der Waals surface area contributed by atoms with E-state index >= 15 is 0 Å². The van der Waals surface area contributed by atoms with Gasteiger partial charge in [-0.2, -0.15) is 0 Å². The molecule has 186 valence electrons. The molecule has 1 fully saturated rings. The Morgan fingerprint density at radius 2 is 2.06 bits per heavy atom. The number of likely N-dealkylation sites (N-methyl/N-ethyl adjacent to an activating group) is 1. The van der Waals surface area contributed by atoms with Crippen LogP contribution in [0.3, 0.4) is 0 Å². The zero-order valence-corrected chi connectivity index (χ0v) is 20.3. The highest BCUT2D eigenvalue weighted by Gasteiger charge is 2.55. The highest BCUT2D eigenvalue weighted by atomic mass is 32.2. The van der Waals surface area contributed by atoms with Crippen LogP contribution in [0.1, 0.15) is 5.69 Å². The lowest BCUT2D eigenvalue weighted by molar-refractivity contribution is -0.905. The Morgan fingerprint density at radius 3 is 2.59 bits per heavy atom. The number of carboxylic acid groups (broad SMARTS) is 1. The Labute approximate surface area is 203 Å². The Bertz CT molecular complexity index is 1020. The van der Waals surface area contributed by atoms with E-state index in [-0.39, 0.29) is 46.5 Å². The number of fused-ring (bicyclic) bond motifs is 1. The number of nitrogens with two attached hydrogens (primary N) is 1. The molecule has 0 spiro atoms. The van der Waals surface area contributed by atoms with Crippen LogP contribution >= 0.6 is 23.1 Å². The molecule has 15 heteroatoms. The number of aliphatic hydroxyl groups is 2. The average molecular weight is 516 g/mol. The van der Waals surface area contributed by atoms with Gasteiger partial charge in [-0.15, -0.1) is 23.1 Å². The summed E-state index contributed by atoms with van der Waals surface area (Å²) in [5.41, 5.74) is 6.06. The summed E-state index contributed by atoms with van der Waals surface area (Å²) in [5.74, 6) is -2.20. The Balaban J connectivity index is 1.80. The highest BCUT2D eigenvalue weighted by molar-refractivity contribution is 8.00. The van der Waals surface area contributed by atoms with E-state index in [0.717, 1.165) is 11.3 Å². The van der Waals surface area contributed by atoms with E-state index in [9.17, 15) is 29.7 Å². The number of aliphatic carboxylic acids is 1. The molecule has 3 heterocycles. The van der Waals surface area contributed by atoms with E-state index in [0.29, 0.717) is 24.4 Å². The quantitative estimate of drug-likeness (QED) is 0.0978. The van der Waals surface area contributed by atoms with Crippen molar-refractivity contribution in [2.45, 2.75) is 11.4 Å². The molecule has 1 aromatic heterocycles. The van der Waals surface area contributed by atoms with Crippen LogP contribution < -0.4 is 11.1 Å². The first-order valence-electron chi connectivity index (χ1n) is 10.2. The number of amides is 2.